The highest BCUT2D eigenvalue weighted by Gasteiger charge is 2.13. The average Bonchev–Trinajstić information content (AvgIpc) is 2.60. The molecule has 1 unspecified atom stereocenters. The molecule has 0 aromatic heterocycles. The molecule has 0 bridgehead atoms. The van der Waals surface area contributed by atoms with Gasteiger partial charge in [-0.25, -0.2) is 13.1 Å². The summed E-state index contributed by atoms with van der Waals surface area (Å²) in [5.74, 6) is 0.507. The standard InChI is InChI=1S/C17H22N2O4S/c1-18-12-15(20)13-23-16-7-9-17(10-8-16)24(21,22)19-11-14-5-3-2-4-6-14/h2-10,15,18-20H,11-13H2,1H3. The lowest BCUT2D eigenvalue weighted by Crippen LogP contribution is -2.29. The van der Waals surface area contributed by atoms with E-state index >= 15 is 0 Å². The van der Waals surface area contributed by atoms with Crippen molar-refractivity contribution in [1.29, 1.82) is 0 Å². The zero-order valence-corrected chi connectivity index (χ0v) is 14.3. The molecule has 2 aromatic carbocycles. The number of rotatable bonds is 9. The minimum atomic E-state index is -3.58. The first-order valence-corrected chi connectivity index (χ1v) is 9.08. The van der Waals surface area contributed by atoms with Gasteiger partial charge in [-0.2, -0.15) is 0 Å². The van der Waals surface area contributed by atoms with Gasteiger partial charge in [-0.15, -0.1) is 0 Å². The summed E-state index contributed by atoms with van der Waals surface area (Å²) in [5, 5.41) is 12.4. The smallest absolute Gasteiger partial charge is 0.240 e. The molecule has 0 saturated heterocycles. The van der Waals surface area contributed by atoms with Crippen LogP contribution in [0.2, 0.25) is 0 Å². The van der Waals surface area contributed by atoms with E-state index in [-0.39, 0.29) is 18.0 Å². The SMILES string of the molecule is CNCC(O)COc1ccc(S(=O)(=O)NCc2ccccc2)cc1. The number of hydrogen-bond donors (Lipinski definition) is 3. The van der Waals surface area contributed by atoms with Gasteiger partial charge in [-0.1, -0.05) is 30.3 Å². The van der Waals surface area contributed by atoms with Crippen LogP contribution >= 0.6 is 0 Å². The second kappa shape index (κ2) is 8.79. The van der Waals surface area contributed by atoms with Gasteiger partial charge in [0.25, 0.3) is 0 Å². The van der Waals surface area contributed by atoms with Gasteiger partial charge in [0.15, 0.2) is 0 Å². The maximum absolute atomic E-state index is 12.3. The molecule has 6 nitrogen and oxygen atoms in total. The third kappa shape index (κ3) is 5.61. The molecule has 0 saturated carbocycles. The first-order valence-electron chi connectivity index (χ1n) is 7.60. The molecule has 7 heteroatoms. The van der Waals surface area contributed by atoms with Crippen molar-refractivity contribution in [3.05, 3.63) is 60.2 Å². The van der Waals surface area contributed by atoms with Crippen LogP contribution < -0.4 is 14.8 Å². The third-order valence-electron chi connectivity index (χ3n) is 3.33. The molecule has 0 aliphatic rings. The monoisotopic (exact) mass is 350 g/mol. The van der Waals surface area contributed by atoms with E-state index in [1.165, 1.54) is 12.1 Å². The molecule has 130 valence electrons. The van der Waals surface area contributed by atoms with Crippen molar-refractivity contribution in [3.8, 4) is 5.75 Å². The molecule has 0 fully saturated rings. The first-order chi connectivity index (χ1) is 11.5. The van der Waals surface area contributed by atoms with Gasteiger partial charge >= 0.3 is 0 Å². The van der Waals surface area contributed by atoms with E-state index in [0.717, 1.165) is 5.56 Å². The zero-order chi connectivity index (χ0) is 17.4. The Balaban J connectivity index is 1.93. The zero-order valence-electron chi connectivity index (χ0n) is 13.5. The van der Waals surface area contributed by atoms with Gasteiger partial charge in [-0.05, 0) is 36.9 Å². The van der Waals surface area contributed by atoms with Gasteiger partial charge in [-0.3, -0.25) is 0 Å². The van der Waals surface area contributed by atoms with E-state index in [4.69, 9.17) is 4.74 Å². The Morgan fingerprint density at radius 3 is 2.38 bits per heavy atom. The fourth-order valence-corrected chi connectivity index (χ4v) is 3.08. The Kier molecular flexibility index (Phi) is 6.74. The fraction of sp³-hybridized carbons (Fsp3) is 0.294. The predicted octanol–water partition coefficient (Wildman–Crippen LogP) is 1.12. The topological polar surface area (TPSA) is 87.7 Å². The second-order valence-corrected chi connectivity index (χ2v) is 7.07. The molecule has 0 amide bonds. The summed E-state index contributed by atoms with van der Waals surface area (Å²) >= 11 is 0. The molecule has 0 spiro atoms. The minimum Gasteiger partial charge on any atom is -0.491 e. The largest absolute Gasteiger partial charge is 0.491 e. The highest BCUT2D eigenvalue weighted by Crippen LogP contribution is 2.16. The van der Waals surface area contributed by atoms with Crippen LogP contribution in [0.25, 0.3) is 0 Å². The molecule has 2 aromatic rings. The molecular formula is C17H22N2O4S. The second-order valence-electron chi connectivity index (χ2n) is 5.30. The van der Waals surface area contributed by atoms with Crippen LogP contribution in [-0.4, -0.2) is 39.8 Å². The molecule has 0 radical (unpaired) electrons. The quantitative estimate of drug-likeness (QED) is 0.631. The maximum Gasteiger partial charge on any atom is 0.240 e. The summed E-state index contributed by atoms with van der Waals surface area (Å²) in [6.45, 7) is 0.798. The summed E-state index contributed by atoms with van der Waals surface area (Å²) in [6.07, 6.45) is -0.619. The number of likely N-dealkylation sites (N-methyl/N-ethyl adjacent to an activating group) is 1. The Morgan fingerprint density at radius 2 is 1.75 bits per heavy atom. The lowest BCUT2D eigenvalue weighted by Gasteiger charge is -2.12. The minimum absolute atomic E-state index is 0.138. The number of hydrogen-bond acceptors (Lipinski definition) is 5. The van der Waals surface area contributed by atoms with E-state index in [1.54, 1.807) is 19.2 Å². The summed E-state index contributed by atoms with van der Waals surface area (Å²) in [7, 11) is -1.84. The number of aliphatic hydroxyl groups excluding tert-OH is 1. The summed E-state index contributed by atoms with van der Waals surface area (Å²) in [5.41, 5.74) is 0.888. The van der Waals surface area contributed by atoms with Crippen LogP contribution in [0.3, 0.4) is 0 Å². The lowest BCUT2D eigenvalue weighted by molar-refractivity contribution is 0.108. The van der Waals surface area contributed by atoms with Crippen molar-refractivity contribution >= 4 is 10.0 Å². The molecule has 0 heterocycles. The van der Waals surface area contributed by atoms with Crippen molar-refractivity contribution in [3.63, 3.8) is 0 Å². The van der Waals surface area contributed by atoms with Crippen LogP contribution in [0.15, 0.2) is 59.5 Å². The molecule has 0 aliphatic carbocycles. The van der Waals surface area contributed by atoms with Crippen LogP contribution in [0.1, 0.15) is 5.56 Å². The van der Waals surface area contributed by atoms with E-state index < -0.39 is 16.1 Å². The summed E-state index contributed by atoms with van der Waals surface area (Å²) < 4.78 is 32.5. The van der Waals surface area contributed by atoms with Crippen LogP contribution in [0.4, 0.5) is 0 Å². The summed E-state index contributed by atoms with van der Waals surface area (Å²) in [6, 6.07) is 15.4. The molecule has 0 aliphatic heterocycles. The highest BCUT2D eigenvalue weighted by atomic mass is 32.2. The molecule has 3 N–H and O–H groups in total. The van der Waals surface area contributed by atoms with Gasteiger partial charge in [0.1, 0.15) is 18.5 Å². The molecule has 2 rings (SSSR count). The number of sulfonamides is 1. The molecular weight excluding hydrogens is 328 g/mol. The Labute approximate surface area is 142 Å². The first kappa shape index (κ1) is 18.4. The normalized spacial score (nSPS) is 12.8. The van der Waals surface area contributed by atoms with Crippen molar-refractivity contribution in [2.24, 2.45) is 0 Å². The van der Waals surface area contributed by atoms with Crippen molar-refractivity contribution in [2.45, 2.75) is 17.5 Å². The van der Waals surface area contributed by atoms with E-state index in [1.807, 2.05) is 30.3 Å². The van der Waals surface area contributed by atoms with Gasteiger partial charge in [0, 0.05) is 13.1 Å². The van der Waals surface area contributed by atoms with Gasteiger partial charge in [0.2, 0.25) is 10.0 Å². The summed E-state index contributed by atoms with van der Waals surface area (Å²) in [4.78, 5) is 0.168. The number of benzene rings is 2. The van der Waals surface area contributed by atoms with Crippen molar-refractivity contribution < 1.29 is 18.3 Å². The van der Waals surface area contributed by atoms with Crippen molar-refractivity contribution in [1.82, 2.24) is 10.0 Å². The fourth-order valence-electron chi connectivity index (χ4n) is 2.06. The number of aliphatic hydroxyl groups is 1. The highest BCUT2D eigenvalue weighted by molar-refractivity contribution is 7.89. The predicted molar refractivity (Wildman–Crippen MR) is 92.3 cm³/mol. The van der Waals surface area contributed by atoms with E-state index in [2.05, 4.69) is 10.0 Å². The maximum atomic E-state index is 12.3. The molecule has 24 heavy (non-hydrogen) atoms. The van der Waals surface area contributed by atoms with Crippen molar-refractivity contribution in [2.75, 3.05) is 20.2 Å². The lowest BCUT2D eigenvalue weighted by atomic mass is 10.2. The Hall–Kier alpha value is -1.93. The third-order valence-corrected chi connectivity index (χ3v) is 4.74. The van der Waals surface area contributed by atoms with Gasteiger partial charge < -0.3 is 15.2 Å². The van der Waals surface area contributed by atoms with Gasteiger partial charge in [0.05, 0.1) is 4.90 Å². The Bertz CT molecular complexity index is 718. The van der Waals surface area contributed by atoms with Crippen LogP contribution in [0.5, 0.6) is 5.75 Å². The van der Waals surface area contributed by atoms with Crippen LogP contribution in [0, 0.1) is 0 Å². The van der Waals surface area contributed by atoms with E-state index in [9.17, 15) is 13.5 Å². The number of nitrogens with one attached hydrogen (secondary N) is 2. The Morgan fingerprint density at radius 1 is 1.08 bits per heavy atom. The van der Waals surface area contributed by atoms with Crippen LogP contribution in [-0.2, 0) is 16.6 Å². The van der Waals surface area contributed by atoms with E-state index in [0.29, 0.717) is 12.3 Å². The average molecular weight is 350 g/mol. The number of ether oxygens (including phenoxy) is 1. The molecule has 1 atom stereocenters.